The number of carbonyl (C=O) groups excluding carboxylic acids is 1. The van der Waals surface area contributed by atoms with Crippen LogP contribution in [0.4, 0.5) is 0 Å². The summed E-state index contributed by atoms with van der Waals surface area (Å²) in [6.45, 7) is 5.77. The summed E-state index contributed by atoms with van der Waals surface area (Å²) in [7, 11) is 0. The molecule has 0 aromatic rings. The lowest BCUT2D eigenvalue weighted by Crippen LogP contribution is -2.35. The van der Waals surface area contributed by atoms with Gasteiger partial charge in [-0.25, -0.2) is 0 Å². The number of carbonyl (C=O) groups is 1. The molecule has 0 aromatic heterocycles. The highest BCUT2D eigenvalue weighted by atomic mass is 32.2. The summed E-state index contributed by atoms with van der Waals surface area (Å²) in [6.07, 6.45) is 2.01. The number of thioether (sulfide) groups is 1. The molecule has 86 valence electrons. The fraction of sp³-hybridized carbons (Fsp3) is 0.909. The first kappa shape index (κ1) is 11.6. The first-order valence-electron chi connectivity index (χ1n) is 5.43. The number of ether oxygens (including phenoxy) is 1. The maximum Gasteiger partial charge on any atom is 0.310 e. The molecule has 4 unspecified atom stereocenters. The molecule has 4 heteroatoms. The molecule has 0 radical (unpaired) electrons. The van der Waals surface area contributed by atoms with E-state index in [2.05, 4.69) is 12.6 Å². The SMILES string of the molecule is CC(C)(C)OC(=O)C1CC2SC1CC2S. The third kappa shape index (κ3) is 2.47. The van der Waals surface area contributed by atoms with Crippen LogP contribution in [-0.4, -0.2) is 27.3 Å². The van der Waals surface area contributed by atoms with E-state index in [0.717, 1.165) is 12.8 Å². The van der Waals surface area contributed by atoms with E-state index < -0.39 is 0 Å². The van der Waals surface area contributed by atoms with Crippen LogP contribution in [0.1, 0.15) is 33.6 Å². The van der Waals surface area contributed by atoms with Gasteiger partial charge in [0.05, 0.1) is 5.92 Å². The van der Waals surface area contributed by atoms with E-state index in [1.54, 1.807) is 0 Å². The van der Waals surface area contributed by atoms with Crippen LogP contribution in [-0.2, 0) is 9.53 Å². The Labute approximate surface area is 101 Å². The van der Waals surface area contributed by atoms with Gasteiger partial charge in [-0.3, -0.25) is 4.79 Å². The molecule has 2 saturated heterocycles. The second-order valence-corrected chi connectivity index (χ2v) is 7.54. The summed E-state index contributed by atoms with van der Waals surface area (Å²) >= 11 is 6.45. The van der Waals surface area contributed by atoms with Crippen LogP contribution in [0.5, 0.6) is 0 Å². The fourth-order valence-electron chi connectivity index (χ4n) is 2.26. The average molecular weight is 246 g/mol. The van der Waals surface area contributed by atoms with Crippen molar-refractivity contribution in [2.75, 3.05) is 0 Å². The predicted molar refractivity (Wildman–Crippen MR) is 66.5 cm³/mol. The van der Waals surface area contributed by atoms with Crippen molar-refractivity contribution in [3.63, 3.8) is 0 Å². The van der Waals surface area contributed by atoms with Crippen molar-refractivity contribution < 1.29 is 9.53 Å². The van der Waals surface area contributed by atoms with Crippen molar-refractivity contribution in [3.05, 3.63) is 0 Å². The highest BCUT2D eigenvalue weighted by Crippen LogP contribution is 2.51. The summed E-state index contributed by atoms with van der Waals surface area (Å²) < 4.78 is 5.43. The molecule has 2 rings (SSSR count). The van der Waals surface area contributed by atoms with Gasteiger partial charge in [-0.15, -0.1) is 0 Å². The Morgan fingerprint density at radius 2 is 2.00 bits per heavy atom. The number of hydrogen-bond donors (Lipinski definition) is 1. The molecule has 2 fully saturated rings. The molecule has 2 aliphatic heterocycles. The van der Waals surface area contributed by atoms with Crippen LogP contribution in [0.15, 0.2) is 0 Å². The monoisotopic (exact) mass is 246 g/mol. The summed E-state index contributed by atoms with van der Waals surface area (Å²) in [5, 5.41) is 1.50. The third-order valence-electron chi connectivity index (χ3n) is 2.90. The highest BCUT2D eigenvalue weighted by Gasteiger charge is 2.49. The van der Waals surface area contributed by atoms with Crippen molar-refractivity contribution in [2.45, 2.75) is 55.0 Å². The van der Waals surface area contributed by atoms with Crippen molar-refractivity contribution in [1.82, 2.24) is 0 Å². The summed E-state index contributed by atoms with van der Waals surface area (Å²) in [5.41, 5.74) is -0.357. The maximum absolute atomic E-state index is 11.9. The minimum absolute atomic E-state index is 0.0114. The average Bonchev–Trinajstić information content (AvgIpc) is 2.58. The van der Waals surface area contributed by atoms with Gasteiger partial charge in [-0.05, 0) is 33.6 Å². The largest absolute Gasteiger partial charge is 0.460 e. The maximum atomic E-state index is 11.9. The van der Waals surface area contributed by atoms with Crippen LogP contribution >= 0.6 is 24.4 Å². The number of hydrogen-bond acceptors (Lipinski definition) is 4. The van der Waals surface area contributed by atoms with Gasteiger partial charge in [-0.1, -0.05) is 0 Å². The van der Waals surface area contributed by atoms with E-state index in [-0.39, 0.29) is 17.5 Å². The van der Waals surface area contributed by atoms with E-state index in [1.165, 1.54) is 0 Å². The molecule has 4 atom stereocenters. The number of thiol groups is 1. The Kier molecular flexibility index (Phi) is 3.01. The molecule has 0 aromatic carbocycles. The molecule has 15 heavy (non-hydrogen) atoms. The Morgan fingerprint density at radius 3 is 2.40 bits per heavy atom. The van der Waals surface area contributed by atoms with Crippen LogP contribution in [0, 0.1) is 5.92 Å². The molecule has 0 aliphatic carbocycles. The zero-order valence-corrected chi connectivity index (χ0v) is 11.1. The topological polar surface area (TPSA) is 26.3 Å². The zero-order valence-electron chi connectivity index (χ0n) is 9.40. The summed E-state index contributed by atoms with van der Waals surface area (Å²) in [5.74, 6) is 0.102. The molecule has 2 nitrogen and oxygen atoms in total. The van der Waals surface area contributed by atoms with E-state index in [9.17, 15) is 4.79 Å². The zero-order chi connectivity index (χ0) is 11.2. The van der Waals surface area contributed by atoms with Crippen LogP contribution in [0.25, 0.3) is 0 Å². The smallest absolute Gasteiger partial charge is 0.310 e. The Balaban J connectivity index is 1.94. The standard InChI is InChI=1S/C11H18O2S2/c1-11(2,3)13-10(12)6-4-9-7(14)5-8(6)15-9/h6-9,14H,4-5H2,1-3H3. The molecular formula is C11H18O2S2. The minimum atomic E-state index is -0.357. The van der Waals surface area contributed by atoms with Gasteiger partial charge in [0.25, 0.3) is 0 Å². The lowest BCUT2D eigenvalue weighted by Gasteiger charge is -2.26. The molecule has 2 bridgehead atoms. The van der Waals surface area contributed by atoms with E-state index >= 15 is 0 Å². The predicted octanol–water partition coefficient (Wildman–Crippen LogP) is 2.52. The molecule has 0 N–H and O–H groups in total. The molecule has 2 heterocycles. The first-order valence-corrected chi connectivity index (χ1v) is 6.89. The van der Waals surface area contributed by atoms with Crippen molar-refractivity contribution in [3.8, 4) is 0 Å². The number of fused-ring (bicyclic) bond motifs is 2. The lowest BCUT2D eigenvalue weighted by atomic mass is 9.89. The van der Waals surface area contributed by atoms with E-state index in [4.69, 9.17) is 4.74 Å². The van der Waals surface area contributed by atoms with Gasteiger partial charge in [-0.2, -0.15) is 24.4 Å². The molecule has 2 aliphatic rings. The molecule has 0 saturated carbocycles. The van der Waals surface area contributed by atoms with Gasteiger partial charge >= 0.3 is 5.97 Å². The van der Waals surface area contributed by atoms with Gasteiger partial charge in [0, 0.05) is 15.7 Å². The highest BCUT2D eigenvalue weighted by molar-refractivity contribution is 8.02. The first-order chi connectivity index (χ1) is 6.87. The van der Waals surface area contributed by atoms with E-state index in [0.29, 0.717) is 15.7 Å². The normalized spacial score (nSPS) is 39.5. The Morgan fingerprint density at radius 1 is 1.33 bits per heavy atom. The Bertz CT molecular complexity index is 270. The van der Waals surface area contributed by atoms with Crippen molar-refractivity contribution >= 4 is 30.4 Å². The molecule has 0 spiro atoms. The molecular weight excluding hydrogens is 228 g/mol. The van der Waals surface area contributed by atoms with E-state index in [1.807, 2.05) is 32.5 Å². The number of rotatable bonds is 1. The summed E-state index contributed by atoms with van der Waals surface area (Å²) in [4.78, 5) is 11.9. The van der Waals surface area contributed by atoms with Crippen LogP contribution < -0.4 is 0 Å². The second-order valence-electron chi connectivity index (χ2n) is 5.39. The van der Waals surface area contributed by atoms with Crippen molar-refractivity contribution in [2.24, 2.45) is 5.92 Å². The van der Waals surface area contributed by atoms with Gasteiger partial charge < -0.3 is 4.74 Å². The summed E-state index contributed by atoms with van der Waals surface area (Å²) in [6, 6.07) is 0. The Hall–Kier alpha value is 0.170. The second kappa shape index (κ2) is 3.88. The fourth-order valence-corrected chi connectivity index (χ4v) is 4.75. The van der Waals surface area contributed by atoms with Crippen LogP contribution in [0.2, 0.25) is 0 Å². The van der Waals surface area contributed by atoms with Crippen molar-refractivity contribution in [1.29, 1.82) is 0 Å². The lowest BCUT2D eigenvalue weighted by molar-refractivity contribution is -0.160. The quantitative estimate of drug-likeness (QED) is 0.569. The number of esters is 1. The van der Waals surface area contributed by atoms with Gasteiger partial charge in [0.1, 0.15) is 5.60 Å². The third-order valence-corrected chi connectivity index (χ3v) is 5.41. The van der Waals surface area contributed by atoms with Crippen LogP contribution in [0.3, 0.4) is 0 Å². The van der Waals surface area contributed by atoms with Gasteiger partial charge in [0.2, 0.25) is 0 Å². The minimum Gasteiger partial charge on any atom is -0.460 e. The molecule has 0 amide bonds. The van der Waals surface area contributed by atoms with Gasteiger partial charge in [0.15, 0.2) is 0 Å².